The van der Waals surface area contributed by atoms with Gasteiger partial charge in [-0.2, -0.15) is 0 Å². The summed E-state index contributed by atoms with van der Waals surface area (Å²) < 4.78 is 5.13. The van der Waals surface area contributed by atoms with Gasteiger partial charge in [-0.1, -0.05) is 0 Å². The van der Waals surface area contributed by atoms with Crippen molar-refractivity contribution in [3.05, 3.63) is 21.9 Å². The van der Waals surface area contributed by atoms with Crippen molar-refractivity contribution in [3.63, 3.8) is 0 Å². The Hall–Kier alpha value is -0.380. The molecule has 0 aliphatic carbocycles. The summed E-state index contributed by atoms with van der Waals surface area (Å²) in [5, 5.41) is 11.3. The van der Waals surface area contributed by atoms with Crippen molar-refractivity contribution in [2.24, 2.45) is 0 Å². The molecule has 0 bridgehead atoms. The molecule has 0 radical (unpaired) electrons. The lowest BCUT2D eigenvalue weighted by atomic mass is 10.1. The molecule has 1 aliphatic rings. The molecule has 1 N–H and O–H groups in total. The van der Waals surface area contributed by atoms with Gasteiger partial charge in [0.2, 0.25) is 0 Å². The van der Waals surface area contributed by atoms with E-state index in [1.54, 1.807) is 11.3 Å². The molecule has 0 amide bonds. The molecule has 0 saturated carbocycles. The lowest BCUT2D eigenvalue weighted by Gasteiger charge is -2.17. The van der Waals surface area contributed by atoms with Gasteiger partial charge in [0.05, 0.1) is 13.2 Å². The second-order valence-electron chi connectivity index (χ2n) is 2.33. The summed E-state index contributed by atoms with van der Waals surface area (Å²) >= 11 is 1.64. The van der Waals surface area contributed by atoms with Gasteiger partial charge in [0.1, 0.15) is 6.10 Å². The SMILES string of the molecule is OC1COCc2sccc21. The monoisotopic (exact) mass is 156 g/mol. The maximum atomic E-state index is 9.33. The van der Waals surface area contributed by atoms with Crippen LogP contribution in [0.3, 0.4) is 0 Å². The Kier molecular flexibility index (Phi) is 1.48. The van der Waals surface area contributed by atoms with E-state index in [4.69, 9.17) is 4.74 Å². The molecule has 3 heteroatoms. The molecule has 2 rings (SSSR count). The third kappa shape index (κ3) is 0.868. The van der Waals surface area contributed by atoms with Crippen LogP contribution >= 0.6 is 11.3 Å². The summed E-state index contributed by atoms with van der Waals surface area (Å²) in [6, 6.07) is 1.97. The van der Waals surface area contributed by atoms with Gasteiger partial charge in [-0.3, -0.25) is 0 Å². The van der Waals surface area contributed by atoms with Crippen molar-refractivity contribution >= 4 is 11.3 Å². The minimum absolute atomic E-state index is 0.394. The van der Waals surface area contributed by atoms with E-state index < -0.39 is 6.10 Å². The number of fused-ring (bicyclic) bond motifs is 1. The topological polar surface area (TPSA) is 29.5 Å². The average molecular weight is 156 g/mol. The van der Waals surface area contributed by atoms with E-state index in [0.717, 1.165) is 5.56 Å². The van der Waals surface area contributed by atoms with Gasteiger partial charge in [-0.05, 0) is 17.0 Å². The van der Waals surface area contributed by atoms with Crippen LogP contribution in [0.15, 0.2) is 11.4 Å². The van der Waals surface area contributed by atoms with Crippen molar-refractivity contribution in [3.8, 4) is 0 Å². The maximum Gasteiger partial charge on any atom is 0.103 e. The molecule has 0 fully saturated rings. The molecule has 0 aromatic carbocycles. The standard InChI is InChI=1S/C7H8O2S/c8-6-3-9-4-7-5(6)1-2-10-7/h1-2,6,8H,3-4H2. The zero-order valence-corrected chi connectivity index (χ0v) is 6.23. The second kappa shape index (κ2) is 2.34. The van der Waals surface area contributed by atoms with Gasteiger partial charge in [0.15, 0.2) is 0 Å². The number of aliphatic hydroxyl groups excluding tert-OH is 1. The summed E-state index contributed by atoms with van der Waals surface area (Å²) in [6.07, 6.45) is -0.394. The third-order valence-corrected chi connectivity index (χ3v) is 2.56. The highest BCUT2D eigenvalue weighted by Gasteiger charge is 2.18. The van der Waals surface area contributed by atoms with E-state index >= 15 is 0 Å². The summed E-state index contributed by atoms with van der Waals surface area (Å²) in [6.45, 7) is 1.12. The number of thiophene rings is 1. The highest BCUT2D eigenvalue weighted by Crippen LogP contribution is 2.28. The van der Waals surface area contributed by atoms with Gasteiger partial charge in [0.25, 0.3) is 0 Å². The zero-order chi connectivity index (χ0) is 6.97. The summed E-state index contributed by atoms with van der Waals surface area (Å²) in [5.74, 6) is 0. The molecular formula is C7H8O2S. The number of rotatable bonds is 0. The highest BCUT2D eigenvalue weighted by molar-refractivity contribution is 7.10. The first-order valence-electron chi connectivity index (χ1n) is 3.20. The lowest BCUT2D eigenvalue weighted by molar-refractivity contribution is 0.0119. The van der Waals surface area contributed by atoms with E-state index in [0.29, 0.717) is 13.2 Å². The van der Waals surface area contributed by atoms with Gasteiger partial charge in [0, 0.05) is 4.88 Å². The molecule has 0 saturated heterocycles. The van der Waals surface area contributed by atoms with Crippen LogP contribution in [0.4, 0.5) is 0 Å². The van der Waals surface area contributed by atoms with Crippen LogP contribution in [0, 0.1) is 0 Å². The summed E-state index contributed by atoms with van der Waals surface area (Å²) in [7, 11) is 0. The molecule has 2 heterocycles. The Morgan fingerprint density at radius 2 is 2.60 bits per heavy atom. The van der Waals surface area contributed by atoms with E-state index in [-0.39, 0.29) is 0 Å². The fourth-order valence-corrected chi connectivity index (χ4v) is 1.99. The van der Waals surface area contributed by atoms with Gasteiger partial charge in [-0.25, -0.2) is 0 Å². The van der Waals surface area contributed by atoms with Crippen molar-refractivity contribution < 1.29 is 9.84 Å². The highest BCUT2D eigenvalue weighted by atomic mass is 32.1. The van der Waals surface area contributed by atoms with Crippen LogP contribution in [-0.4, -0.2) is 11.7 Å². The van der Waals surface area contributed by atoms with Crippen LogP contribution in [0.1, 0.15) is 16.5 Å². The van der Waals surface area contributed by atoms with Crippen molar-refractivity contribution in [1.29, 1.82) is 0 Å². The molecule has 0 spiro atoms. The van der Waals surface area contributed by atoms with Crippen LogP contribution in [-0.2, 0) is 11.3 Å². The zero-order valence-electron chi connectivity index (χ0n) is 5.41. The number of ether oxygens (including phenoxy) is 1. The first-order chi connectivity index (χ1) is 4.88. The minimum Gasteiger partial charge on any atom is -0.386 e. The van der Waals surface area contributed by atoms with E-state index in [2.05, 4.69) is 0 Å². The van der Waals surface area contributed by atoms with Crippen LogP contribution < -0.4 is 0 Å². The van der Waals surface area contributed by atoms with Crippen LogP contribution in [0.5, 0.6) is 0 Å². The van der Waals surface area contributed by atoms with Gasteiger partial charge < -0.3 is 9.84 Å². The van der Waals surface area contributed by atoms with Crippen molar-refractivity contribution in [2.75, 3.05) is 6.61 Å². The first kappa shape index (κ1) is 6.34. The smallest absolute Gasteiger partial charge is 0.103 e. The molecule has 1 atom stereocenters. The molecule has 2 nitrogen and oxygen atoms in total. The largest absolute Gasteiger partial charge is 0.386 e. The van der Waals surface area contributed by atoms with Crippen molar-refractivity contribution in [2.45, 2.75) is 12.7 Å². The molecule has 10 heavy (non-hydrogen) atoms. The Bertz CT molecular complexity index is 231. The lowest BCUT2D eigenvalue weighted by Crippen LogP contribution is -2.13. The quantitative estimate of drug-likeness (QED) is 0.613. The fraction of sp³-hybridized carbons (Fsp3) is 0.429. The Balaban J connectivity index is 2.41. The summed E-state index contributed by atoms with van der Waals surface area (Å²) in [5.41, 5.74) is 1.05. The Morgan fingerprint density at radius 1 is 1.70 bits per heavy atom. The summed E-state index contributed by atoms with van der Waals surface area (Å²) in [4.78, 5) is 1.17. The number of hydrogen-bond donors (Lipinski definition) is 1. The van der Waals surface area contributed by atoms with Crippen molar-refractivity contribution in [1.82, 2.24) is 0 Å². The van der Waals surface area contributed by atoms with Crippen LogP contribution in [0.25, 0.3) is 0 Å². The Morgan fingerprint density at radius 3 is 3.40 bits per heavy atom. The second-order valence-corrected chi connectivity index (χ2v) is 3.33. The average Bonchev–Trinajstić information content (AvgIpc) is 2.36. The van der Waals surface area contributed by atoms with Gasteiger partial charge in [-0.15, -0.1) is 11.3 Å². The number of aliphatic hydroxyl groups is 1. The van der Waals surface area contributed by atoms with Gasteiger partial charge >= 0.3 is 0 Å². The normalized spacial score (nSPS) is 24.3. The van der Waals surface area contributed by atoms with E-state index in [9.17, 15) is 5.11 Å². The molecule has 1 aromatic heterocycles. The first-order valence-corrected chi connectivity index (χ1v) is 4.08. The maximum absolute atomic E-state index is 9.33. The molecular weight excluding hydrogens is 148 g/mol. The Labute approximate surface area is 63.1 Å². The molecule has 1 aromatic rings. The predicted molar refractivity (Wildman–Crippen MR) is 38.9 cm³/mol. The third-order valence-electron chi connectivity index (χ3n) is 1.65. The minimum atomic E-state index is -0.394. The molecule has 54 valence electrons. The molecule has 1 aliphatic heterocycles. The van der Waals surface area contributed by atoms with E-state index in [1.807, 2.05) is 11.4 Å². The fourth-order valence-electron chi connectivity index (χ4n) is 1.12. The van der Waals surface area contributed by atoms with Crippen LogP contribution in [0.2, 0.25) is 0 Å². The number of hydrogen-bond acceptors (Lipinski definition) is 3. The predicted octanol–water partition coefficient (Wildman–Crippen LogP) is 1.31. The van der Waals surface area contributed by atoms with E-state index in [1.165, 1.54) is 4.88 Å². The molecule has 1 unspecified atom stereocenters.